The average molecular weight is 469 g/mol. The predicted octanol–water partition coefficient (Wildman–Crippen LogP) is 4.14. The van der Waals surface area contributed by atoms with Crippen molar-refractivity contribution in [3.05, 3.63) is 35.4 Å². The quantitative estimate of drug-likeness (QED) is 0.387. The second kappa shape index (κ2) is 9.79. The van der Waals surface area contributed by atoms with Gasteiger partial charge in [0, 0.05) is 24.9 Å². The molecule has 0 bridgehead atoms. The van der Waals surface area contributed by atoms with Crippen LogP contribution in [0.1, 0.15) is 38.2 Å². The molecule has 24 heavy (non-hydrogen) atoms. The summed E-state index contributed by atoms with van der Waals surface area (Å²) < 4.78 is 26.6. The Morgan fingerprint density at radius 3 is 2.67 bits per heavy atom. The van der Waals surface area contributed by atoms with Crippen LogP contribution in [-0.4, -0.2) is 36.6 Å². The molecule has 1 fully saturated rings. The summed E-state index contributed by atoms with van der Waals surface area (Å²) in [6, 6.07) is 4.05. The maximum atomic E-state index is 13.3. The molecule has 1 heterocycles. The summed E-state index contributed by atoms with van der Waals surface area (Å²) in [7, 11) is 1.74. The first kappa shape index (κ1) is 21.5. The van der Waals surface area contributed by atoms with E-state index >= 15 is 0 Å². The highest BCUT2D eigenvalue weighted by molar-refractivity contribution is 14.0. The summed E-state index contributed by atoms with van der Waals surface area (Å²) in [6.45, 7) is 5.72. The number of halogens is 3. The Hall–Kier alpha value is -0.570. The third-order valence-electron chi connectivity index (χ3n) is 4.24. The van der Waals surface area contributed by atoms with Crippen molar-refractivity contribution in [2.24, 2.45) is 4.99 Å². The molecule has 0 aliphatic carbocycles. The second-order valence-electron chi connectivity index (χ2n) is 6.28. The second-order valence-corrected chi connectivity index (χ2v) is 7.97. The van der Waals surface area contributed by atoms with E-state index in [1.54, 1.807) is 13.1 Å². The van der Waals surface area contributed by atoms with Gasteiger partial charge in [-0.25, -0.2) is 8.78 Å². The van der Waals surface area contributed by atoms with Crippen molar-refractivity contribution in [1.29, 1.82) is 0 Å². The van der Waals surface area contributed by atoms with Crippen LogP contribution in [0.4, 0.5) is 8.78 Å². The Labute approximate surface area is 164 Å². The van der Waals surface area contributed by atoms with Gasteiger partial charge in [-0.15, -0.1) is 24.0 Å². The molecule has 7 heteroatoms. The topological polar surface area (TPSA) is 36.4 Å². The maximum Gasteiger partial charge on any atom is 0.191 e. The average Bonchev–Trinajstić information content (AvgIpc) is 2.97. The van der Waals surface area contributed by atoms with Crippen LogP contribution in [0.2, 0.25) is 0 Å². The normalized spacial score (nSPS) is 22.0. The van der Waals surface area contributed by atoms with Gasteiger partial charge in [-0.2, -0.15) is 11.8 Å². The first-order valence-electron chi connectivity index (χ1n) is 7.97. The van der Waals surface area contributed by atoms with Crippen LogP contribution < -0.4 is 10.6 Å². The number of nitrogens with zero attached hydrogens (tertiary/aromatic N) is 1. The van der Waals surface area contributed by atoms with Crippen molar-refractivity contribution < 1.29 is 8.78 Å². The standard InChI is InChI=1S/C17H25F2N3S.HI/c1-12(13-5-6-14(18)15(19)9-13)10-21-16(20-3)22-11-17(2)7-4-8-23-17;/h5-6,9,12H,4,7-8,10-11H2,1-3H3,(H2,20,21,22);1H. The summed E-state index contributed by atoms with van der Waals surface area (Å²) in [4.78, 5) is 4.23. The molecule has 2 rings (SSSR count). The lowest BCUT2D eigenvalue weighted by Gasteiger charge is -2.25. The van der Waals surface area contributed by atoms with Crippen molar-refractivity contribution in [3.8, 4) is 0 Å². The zero-order valence-electron chi connectivity index (χ0n) is 14.4. The van der Waals surface area contributed by atoms with Gasteiger partial charge < -0.3 is 10.6 Å². The molecule has 0 radical (unpaired) electrons. The Bertz CT molecular complexity index is 563. The molecule has 1 aromatic carbocycles. The van der Waals surface area contributed by atoms with Crippen LogP contribution in [0.25, 0.3) is 0 Å². The molecule has 0 aromatic heterocycles. The molecule has 2 atom stereocenters. The molecule has 2 N–H and O–H groups in total. The molecular formula is C17H26F2IN3S. The summed E-state index contributed by atoms with van der Waals surface area (Å²) in [6.07, 6.45) is 2.48. The minimum absolute atomic E-state index is 0. The molecule has 1 aliphatic heterocycles. The zero-order valence-corrected chi connectivity index (χ0v) is 17.5. The van der Waals surface area contributed by atoms with Gasteiger partial charge in [0.25, 0.3) is 0 Å². The van der Waals surface area contributed by atoms with Crippen molar-refractivity contribution >= 4 is 41.7 Å². The Kier molecular flexibility index (Phi) is 8.76. The van der Waals surface area contributed by atoms with Gasteiger partial charge in [0.15, 0.2) is 17.6 Å². The summed E-state index contributed by atoms with van der Waals surface area (Å²) in [5, 5.41) is 6.62. The number of benzene rings is 1. The number of hydrogen-bond donors (Lipinski definition) is 2. The first-order valence-corrected chi connectivity index (χ1v) is 8.95. The molecule has 136 valence electrons. The third kappa shape index (κ3) is 6.06. The molecule has 1 saturated heterocycles. The van der Waals surface area contributed by atoms with Crippen LogP contribution in [-0.2, 0) is 0 Å². The van der Waals surface area contributed by atoms with Gasteiger partial charge in [-0.1, -0.05) is 13.0 Å². The highest BCUT2D eigenvalue weighted by Gasteiger charge is 2.29. The van der Waals surface area contributed by atoms with E-state index in [1.807, 2.05) is 18.7 Å². The van der Waals surface area contributed by atoms with Crippen LogP contribution in [0, 0.1) is 11.6 Å². The van der Waals surface area contributed by atoms with Gasteiger partial charge in [-0.3, -0.25) is 4.99 Å². The first-order chi connectivity index (χ1) is 10.9. The van der Waals surface area contributed by atoms with E-state index in [9.17, 15) is 8.78 Å². The van der Waals surface area contributed by atoms with E-state index in [-0.39, 0.29) is 34.6 Å². The Morgan fingerprint density at radius 2 is 2.08 bits per heavy atom. The monoisotopic (exact) mass is 469 g/mol. The zero-order chi connectivity index (χ0) is 16.9. The molecular weight excluding hydrogens is 443 g/mol. The number of rotatable bonds is 5. The molecule has 3 nitrogen and oxygen atoms in total. The van der Waals surface area contributed by atoms with E-state index in [0.717, 1.165) is 18.1 Å². The van der Waals surface area contributed by atoms with E-state index in [2.05, 4.69) is 22.5 Å². The SMILES string of the molecule is CN=C(NCC(C)c1ccc(F)c(F)c1)NCC1(C)CCCS1.I. The summed E-state index contributed by atoms with van der Waals surface area (Å²) in [5.74, 6) is 0.405. The van der Waals surface area contributed by atoms with Gasteiger partial charge in [0.2, 0.25) is 0 Å². The largest absolute Gasteiger partial charge is 0.356 e. The number of nitrogens with one attached hydrogen (secondary N) is 2. The lowest BCUT2D eigenvalue weighted by Crippen LogP contribution is -2.44. The molecule has 0 saturated carbocycles. The summed E-state index contributed by atoms with van der Waals surface area (Å²) in [5.41, 5.74) is 0.769. The predicted molar refractivity (Wildman–Crippen MR) is 110 cm³/mol. The van der Waals surface area contributed by atoms with Crippen molar-refractivity contribution in [2.75, 3.05) is 25.9 Å². The van der Waals surface area contributed by atoms with Crippen LogP contribution in [0.15, 0.2) is 23.2 Å². The molecule has 0 amide bonds. The van der Waals surface area contributed by atoms with Gasteiger partial charge in [0.05, 0.1) is 0 Å². The highest BCUT2D eigenvalue weighted by atomic mass is 127. The van der Waals surface area contributed by atoms with Crippen LogP contribution in [0.3, 0.4) is 0 Å². The molecule has 1 aromatic rings. The third-order valence-corrected chi connectivity index (χ3v) is 5.78. The molecule has 1 aliphatic rings. The van der Waals surface area contributed by atoms with E-state index in [4.69, 9.17) is 0 Å². The molecule has 0 spiro atoms. The number of thioether (sulfide) groups is 1. The van der Waals surface area contributed by atoms with E-state index in [1.165, 1.54) is 30.7 Å². The van der Waals surface area contributed by atoms with Crippen LogP contribution in [0.5, 0.6) is 0 Å². The lowest BCUT2D eigenvalue weighted by molar-refractivity contribution is 0.505. The van der Waals surface area contributed by atoms with E-state index in [0.29, 0.717) is 6.54 Å². The lowest BCUT2D eigenvalue weighted by atomic mass is 10.0. The maximum absolute atomic E-state index is 13.3. The highest BCUT2D eigenvalue weighted by Crippen LogP contribution is 2.36. The minimum Gasteiger partial charge on any atom is -0.356 e. The van der Waals surface area contributed by atoms with Gasteiger partial charge in [0.1, 0.15) is 0 Å². The van der Waals surface area contributed by atoms with Crippen molar-refractivity contribution in [1.82, 2.24) is 10.6 Å². The Balaban J connectivity index is 0.00000288. The van der Waals surface area contributed by atoms with Crippen molar-refractivity contribution in [3.63, 3.8) is 0 Å². The fourth-order valence-electron chi connectivity index (χ4n) is 2.65. The Morgan fingerprint density at radius 1 is 1.33 bits per heavy atom. The van der Waals surface area contributed by atoms with Gasteiger partial charge in [-0.05, 0) is 49.1 Å². The number of guanidine groups is 1. The number of aliphatic imine (C=N–C) groups is 1. The number of hydrogen-bond acceptors (Lipinski definition) is 2. The smallest absolute Gasteiger partial charge is 0.191 e. The van der Waals surface area contributed by atoms with E-state index < -0.39 is 11.6 Å². The summed E-state index contributed by atoms with van der Waals surface area (Å²) >= 11 is 2.00. The fourth-order valence-corrected chi connectivity index (χ4v) is 3.90. The fraction of sp³-hybridized carbons (Fsp3) is 0.588. The van der Waals surface area contributed by atoms with Crippen LogP contribution >= 0.6 is 35.7 Å². The van der Waals surface area contributed by atoms with Gasteiger partial charge >= 0.3 is 0 Å². The minimum atomic E-state index is -0.811. The van der Waals surface area contributed by atoms with Crippen molar-refractivity contribution in [2.45, 2.75) is 37.4 Å². The molecule has 2 unspecified atom stereocenters.